The van der Waals surface area contributed by atoms with Crippen LogP contribution in [-0.2, 0) is 9.53 Å². The molecule has 0 aromatic rings. The first kappa shape index (κ1) is 14.0. The third-order valence-corrected chi connectivity index (χ3v) is 2.92. The summed E-state index contributed by atoms with van der Waals surface area (Å²) in [5.41, 5.74) is 0. The van der Waals surface area contributed by atoms with Gasteiger partial charge in [0.25, 0.3) is 0 Å². The number of ether oxygens (including phenoxy) is 1. The largest absolute Gasteiger partial charge is 0.376 e. The molecule has 96 valence electrons. The van der Waals surface area contributed by atoms with Gasteiger partial charge in [-0.1, -0.05) is 13.8 Å². The lowest BCUT2D eigenvalue weighted by molar-refractivity contribution is -0.122. The highest BCUT2D eigenvalue weighted by molar-refractivity contribution is 5.76. The maximum Gasteiger partial charge on any atom is 0.221 e. The lowest BCUT2D eigenvalue weighted by atomic mass is 9.95. The summed E-state index contributed by atoms with van der Waals surface area (Å²) >= 11 is 0. The van der Waals surface area contributed by atoms with Gasteiger partial charge >= 0.3 is 0 Å². The van der Waals surface area contributed by atoms with Crippen LogP contribution in [0.2, 0.25) is 0 Å². The van der Waals surface area contributed by atoms with E-state index >= 15 is 0 Å². The van der Waals surface area contributed by atoms with Crippen LogP contribution in [-0.4, -0.2) is 25.2 Å². The summed E-state index contributed by atoms with van der Waals surface area (Å²) in [6.45, 7) is 5.51. The maximum absolute atomic E-state index is 11.6. The number of rotatable bonds is 6. The van der Waals surface area contributed by atoms with Crippen molar-refractivity contribution in [3.63, 3.8) is 0 Å². The fraction of sp³-hybridized carbons (Fsp3) is 0.846. The van der Waals surface area contributed by atoms with Crippen LogP contribution < -0.4 is 5.32 Å². The van der Waals surface area contributed by atoms with E-state index in [1.54, 1.807) is 0 Å². The Hall–Kier alpha value is -1.08. The van der Waals surface area contributed by atoms with E-state index in [-0.39, 0.29) is 17.9 Å². The van der Waals surface area contributed by atoms with Gasteiger partial charge in [-0.15, -0.1) is 0 Å². The molecule has 1 amide bonds. The van der Waals surface area contributed by atoms with Gasteiger partial charge < -0.3 is 10.1 Å². The van der Waals surface area contributed by atoms with E-state index in [0.717, 1.165) is 25.9 Å². The Labute approximate surface area is 103 Å². The lowest BCUT2D eigenvalue weighted by Gasteiger charge is -2.13. The minimum Gasteiger partial charge on any atom is -0.376 e. The molecule has 0 saturated carbocycles. The van der Waals surface area contributed by atoms with Gasteiger partial charge in [-0.3, -0.25) is 4.79 Å². The average Bonchev–Trinajstić information content (AvgIpc) is 2.77. The van der Waals surface area contributed by atoms with Crippen molar-refractivity contribution in [3.8, 4) is 6.07 Å². The van der Waals surface area contributed by atoms with Crippen LogP contribution in [0, 0.1) is 23.2 Å². The third kappa shape index (κ3) is 5.69. The van der Waals surface area contributed by atoms with Gasteiger partial charge in [-0.05, 0) is 25.2 Å². The molecule has 2 atom stereocenters. The molecule has 4 nitrogen and oxygen atoms in total. The number of hydrogen-bond donors (Lipinski definition) is 1. The van der Waals surface area contributed by atoms with Crippen LogP contribution >= 0.6 is 0 Å². The lowest BCUT2D eigenvalue weighted by Crippen LogP contribution is -2.32. The normalized spacial score (nSPS) is 21.2. The van der Waals surface area contributed by atoms with Crippen LogP contribution in [0.25, 0.3) is 0 Å². The molecule has 2 unspecified atom stereocenters. The molecule has 1 aliphatic rings. The molecule has 0 aromatic heterocycles. The molecule has 4 heteroatoms. The average molecular weight is 238 g/mol. The zero-order valence-electron chi connectivity index (χ0n) is 10.7. The molecule has 0 aliphatic carbocycles. The monoisotopic (exact) mass is 238 g/mol. The molecule has 1 aliphatic heterocycles. The van der Waals surface area contributed by atoms with Crippen molar-refractivity contribution >= 4 is 5.91 Å². The van der Waals surface area contributed by atoms with Crippen molar-refractivity contribution in [2.24, 2.45) is 11.8 Å². The fourth-order valence-electron chi connectivity index (χ4n) is 2.08. The van der Waals surface area contributed by atoms with Crippen molar-refractivity contribution in [1.82, 2.24) is 5.32 Å². The van der Waals surface area contributed by atoms with Crippen molar-refractivity contribution in [3.05, 3.63) is 0 Å². The molecule has 0 bridgehead atoms. The molecule has 0 aromatic carbocycles. The Morgan fingerprint density at radius 3 is 2.88 bits per heavy atom. The van der Waals surface area contributed by atoms with Gasteiger partial charge in [0.15, 0.2) is 0 Å². The molecular weight excluding hydrogens is 216 g/mol. The molecule has 1 N–H and O–H groups in total. The highest BCUT2D eigenvalue weighted by Gasteiger charge is 2.18. The number of carbonyl (C=O) groups is 1. The Bertz CT molecular complexity index is 278. The van der Waals surface area contributed by atoms with Crippen LogP contribution in [0.1, 0.15) is 39.5 Å². The minimum absolute atomic E-state index is 0.0345. The molecule has 0 spiro atoms. The van der Waals surface area contributed by atoms with Gasteiger partial charge in [-0.2, -0.15) is 5.26 Å². The zero-order valence-corrected chi connectivity index (χ0v) is 10.7. The molecule has 0 radical (unpaired) electrons. The minimum atomic E-state index is -0.167. The van der Waals surface area contributed by atoms with E-state index in [1.807, 2.05) is 0 Å². The second-order valence-electron chi connectivity index (χ2n) is 5.10. The Morgan fingerprint density at radius 2 is 2.35 bits per heavy atom. The number of amides is 1. The van der Waals surface area contributed by atoms with Crippen LogP contribution in [0.5, 0.6) is 0 Å². The third-order valence-electron chi connectivity index (χ3n) is 2.92. The summed E-state index contributed by atoms with van der Waals surface area (Å²) in [4.78, 5) is 11.6. The number of nitrogens with zero attached hydrogens (tertiary/aromatic N) is 1. The predicted molar refractivity (Wildman–Crippen MR) is 65.2 cm³/mol. The molecule has 17 heavy (non-hydrogen) atoms. The first-order valence-electron chi connectivity index (χ1n) is 6.39. The predicted octanol–water partition coefficient (Wildman–Crippen LogP) is 1.86. The van der Waals surface area contributed by atoms with Gasteiger partial charge in [0.05, 0.1) is 18.1 Å². The highest BCUT2D eigenvalue weighted by Crippen LogP contribution is 2.15. The Balaban J connectivity index is 2.20. The Morgan fingerprint density at radius 1 is 1.59 bits per heavy atom. The van der Waals surface area contributed by atoms with E-state index in [1.165, 1.54) is 0 Å². The van der Waals surface area contributed by atoms with Crippen molar-refractivity contribution in [2.45, 2.75) is 45.6 Å². The molecular formula is C13H22N2O2. The van der Waals surface area contributed by atoms with Crippen LogP contribution in [0.15, 0.2) is 0 Å². The summed E-state index contributed by atoms with van der Waals surface area (Å²) in [5, 5.41) is 11.8. The summed E-state index contributed by atoms with van der Waals surface area (Å²) in [7, 11) is 0. The second kappa shape index (κ2) is 7.29. The van der Waals surface area contributed by atoms with E-state index in [4.69, 9.17) is 10.00 Å². The second-order valence-corrected chi connectivity index (χ2v) is 5.10. The number of nitriles is 1. The summed E-state index contributed by atoms with van der Waals surface area (Å²) in [6.07, 6.45) is 3.36. The fourth-order valence-corrected chi connectivity index (χ4v) is 2.08. The number of nitrogens with one attached hydrogen (secondary N) is 1. The van der Waals surface area contributed by atoms with E-state index in [2.05, 4.69) is 25.2 Å². The van der Waals surface area contributed by atoms with Gasteiger partial charge in [0, 0.05) is 19.6 Å². The van der Waals surface area contributed by atoms with Gasteiger partial charge in [-0.25, -0.2) is 0 Å². The molecule has 1 fully saturated rings. The quantitative estimate of drug-likeness (QED) is 0.768. The SMILES string of the molecule is CC(C)CC(C#N)CC(=O)NCC1CCCO1. The van der Waals surface area contributed by atoms with Crippen molar-refractivity contribution < 1.29 is 9.53 Å². The van der Waals surface area contributed by atoms with Crippen LogP contribution in [0.4, 0.5) is 0 Å². The first-order valence-corrected chi connectivity index (χ1v) is 6.39. The van der Waals surface area contributed by atoms with E-state index < -0.39 is 0 Å². The molecule has 1 rings (SSSR count). The standard InChI is InChI=1S/C13H22N2O2/c1-10(2)6-11(8-14)7-13(16)15-9-12-4-3-5-17-12/h10-12H,3-7,9H2,1-2H3,(H,15,16). The van der Waals surface area contributed by atoms with Crippen molar-refractivity contribution in [2.75, 3.05) is 13.2 Å². The molecule has 1 heterocycles. The Kier molecular flexibility index (Phi) is 5.99. The molecule has 1 saturated heterocycles. The smallest absolute Gasteiger partial charge is 0.221 e. The first-order chi connectivity index (χ1) is 8.11. The maximum atomic E-state index is 11.6. The summed E-state index contributed by atoms with van der Waals surface area (Å²) < 4.78 is 5.42. The summed E-state index contributed by atoms with van der Waals surface area (Å²) in [5.74, 6) is 0.248. The van der Waals surface area contributed by atoms with Crippen molar-refractivity contribution in [1.29, 1.82) is 5.26 Å². The number of carbonyl (C=O) groups excluding carboxylic acids is 1. The van der Waals surface area contributed by atoms with Gasteiger partial charge in [0.1, 0.15) is 0 Å². The van der Waals surface area contributed by atoms with Gasteiger partial charge in [0.2, 0.25) is 5.91 Å². The van der Waals surface area contributed by atoms with E-state index in [9.17, 15) is 4.79 Å². The number of hydrogen-bond acceptors (Lipinski definition) is 3. The van der Waals surface area contributed by atoms with E-state index in [0.29, 0.717) is 18.9 Å². The highest BCUT2D eigenvalue weighted by atomic mass is 16.5. The van der Waals surface area contributed by atoms with Crippen LogP contribution in [0.3, 0.4) is 0 Å². The summed E-state index contributed by atoms with van der Waals surface area (Å²) in [6, 6.07) is 2.20. The topological polar surface area (TPSA) is 62.1 Å². The zero-order chi connectivity index (χ0) is 12.7.